The Balaban J connectivity index is 2.14. The van der Waals surface area contributed by atoms with Gasteiger partial charge in [0.15, 0.2) is 0 Å². The van der Waals surface area contributed by atoms with Crippen LogP contribution in [-0.2, 0) is 12.8 Å². The second-order valence-corrected chi connectivity index (χ2v) is 4.73. The fraction of sp³-hybridized carbons (Fsp3) is 0.294. The van der Waals surface area contributed by atoms with Gasteiger partial charge in [-0.05, 0) is 42.0 Å². The number of benzene rings is 2. The molecule has 2 aromatic carbocycles. The molecule has 0 aliphatic carbocycles. The zero-order chi connectivity index (χ0) is 12.8. The highest BCUT2D eigenvalue weighted by atomic mass is 16.3. The predicted octanol–water partition coefficient (Wildman–Crippen LogP) is 4.33. The highest BCUT2D eigenvalue weighted by Crippen LogP contribution is 2.22. The molecule has 94 valence electrons. The SMILES string of the molecule is CCCCc1cc(Cc2ccccc2)ccc1O. The van der Waals surface area contributed by atoms with Crippen molar-refractivity contribution in [3.8, 4) is 5.75 Å². The summed E-state index contributed by atoms with van der Waals surface area (Å²) in [6.45, 7) is 2.17. The number of phenols is 1. The largest absolute Gasteiger partial charge is 0.508 e. The van der Waals surface area contributed by atoms with Gasteiger partial charge >= 0.3 is 0 Å². The van der Waals surface area contributed by atoms with Gasteiger partial charge in [0.25, 0.3) is 0 Å². The van der Waals surface area contributed by atoms with Gasteiger partial charge in [0.05, 0.1) is 0 Å². The van der Waals surface area contributed by atoms with Crippen molar-refractivity contribution in [2.45, 2.75) is 32.6 Å². The van der Waals surface area contributed by atoms with Crippen molar-refractivity contribution >= 4 is 0 Å². The molecule has 1 nitrogen and oxygen atoms in total. The van der Waals surface area contributed by atoms with Crippen LogP contribution in [0.4, 0.5) is 0 Å². The average molecular weight is 240 g/mol. The van der Waals surface area contributed by atoms with Crippen LogP contribution >= 0.6 is 0 Å². The van der Waals surface area contributed by atoms with E-state index in [0.717, 1.165) is 31.2 Å². The highest BCUT2D eigenvalue weighted by molar-refractivity contribution is 5.38. The molecule has 1 heteroatoms. The molecule has 0 bridgehead atoms. The second kappa shape index (κ2) is 6.25. The molecule has 0 saturated heterocycles. The van der Waals surface area contributed by atoms with Gasteiger partial charge in [-0.25, -0.2) is 0 Å². The zero-order valence-electron chi connectivity index (χ0n) is 10.9. The first-order chi connectivity index (χ1) is 8.79. The van der Waals surface area contributed by atoms with E-state index in [0.29, 0.717) is 5.75 Å². The number of hydrogen-bond acceptors (Lipinski definition) is 1. The number of phenolic OH excluding ortho intramolecular Hbond substituents is 1. The summed E-state index contributed by atoms with van der Waals surface area (Å²) >= 11 is 0. The molecule has 0 saturated carbocycles. The van der Waals surface area contributed by atoms with Crippen LogP contribution in [0.25, 0.3) is 0 Å². The molecule has 0 heterocycles. The van der Waals surface area contributed by atoms with Crippen molar-refractivity contribution in [3.05, 3.63) is 65.2 Å². The lowest BCUT2D eigenvalue weighted by molar-refractivity contribution is 0.466. The van der Waals surface area contributed by atoms with Gasteiger partial charge in [0.2, 0.25) is 0 Å². The molecule has 0 amide bonds. The molecular weight excluding hydrogens is 220 g/mol. The van der Waals surface area contributed by atoms with Crippen molar-refractivity contribution in [1.82, 2.24) is 0 Å². The van der Waals surface area contributed by atoms with Crippen molar-refractivity contribution in [1.29, 1.82) is 0 Å². The van der Waals surface area contributed by atoms with Crippen molar-refractivity contribution in [2.75, 3.05) is 0 Å². The molecule has 0 atom stereocenters. The van der Waals surface area contributed by atoms with E-state index in [2.05, 4.69) is 37.3 Å². The monoisotopic (exact) mass is 240 g/mol. The molecule has 18 heavy (non-hydrogen) atoms. The molecule has 0 aromatic heterocycles. The summed E-state index contributed by atoms with van der Waals surface area (Å²) in [5.74, 6) is 0.431. The molecule has 0 fully saturated rings. The van der Waals surface area contributed by atoms with E-state index in [4.69, 9.17) is 0 Å². The smallest absolute Gasteiger partial charge is 0.118 e. The van der Waals surface area contributed by atoms with Gasteiger partial charge in [-0.2, -0.15) is 0 Å². The average Bonchev–Trinajstić information content (AvgIpc) is 2.40. The van der Waals surface area contributed by atoms with Gasteiger partial charge < -0.3 is 5.11 Å². The number of aromatic hydroxyl groups is 1. The normalized spacial score (nSPS) is 10.5. The first kappa shape index (κ1) is 12.7. The van der Waals surface area contributed by atoms with E-state index in [9.17, 15) is 5.11 Å². The number of hydrogen-bond donors (Lipinski definition) is 1. The van der Waals surface area contributed by atoms with Crippen LogP contribution in [-0.4, -0.2) is 5.11 Å². The summed E-state index contributed by atoms with van der Waals surface area (Å²) in [4.78, 5) is 0. The number of rotatable bonds is 5. The van der Waals surface area contributed by atoms with Crippen LogP contribution in [0.2, 0.25) is 0 Å². The summed E-state index contributed by atoms with van der Waals surface area (Å²) in [7, 11) is 0. The lowest BCUT2D eigenvalue weighted by Crippen LogP contribution is -1.92. The number of unbranched alkanes of at least 4 members (excludes halogenated alkanes) is 1. The molecule has 0 aliphatic heterocycles. The molecule has 0 aliphatic rings. The highest BCUT2D eigenvalue weighted by Gasteiger charge is 2.03. The van der Waals surface area contributed by atoms with Crippen LogP contribution in [0.5, 0.6) is 5.75 Å². The van der Waals surface area contributed by atoms with Gasteiger partial charge in [0, 0.05) is 0 Å². The van der Waals surface area contributed by atoms with Crippen molar-refractivity contribution in [2.24, 2.45) is 0 Å². The Morgan fingerprint density at radius 3 is 2.44 bits per heavy atom. The maximum absolute atomic E-state index is 9.83. The third-order valence-electron chi connectivity index (χ3n) is 3.19. The minimum Gasteiger partial charge on any atom is -0.508 e. The molecule has 0 spiro atoms. The van der Waals surface area contributed by atoms with Crippen LogP contribution in [0, 0.1) is 0 Å². The molecule has 0 unspecified atom stereocenters. The van der Waals surface area contributed by atoms with Crippen LogP contribution < -0.4 is 0 Å². The van der Waals surface area contributed by atoms with Crippen molar-refractivity contribution < 1.29 is 5.11 Å². The summed E-state index contributed by atoms with van der Waals surface area (Å²) in [5, 5.41) is 9.83. The maximum atomic E-state index is 9.83. The Hall–Kier alpha value is -1.76. The van der Waals surface area contributed by atoms with Crippen LogP contribution in [0.1, 0.15) is 36.5 Å². The summed E-state index contributed by atoms with van der Waals surface area (Å²) in [6.07, 6.45) is 4.18. The minimum atomic E-state index is 0.431. The Morgan fingerprint density at radius 2 is 1.72 bits per heavy atom. The van der Waals surface area contributed by atoms with E-state index in [1.807, 2.05) is 18.2 Å². The lowest BCUT2D eigenvalue weighted by atomic mass is 10.00. The number of aryl methyl sites for hydroxylation is 1. The topological polar surface area (TPSA) is 20.2 Å². The minimum absolute atomic E-state index is 0.431. The molecule has 2 aromatic rings. The Labute approximate surface area is 109 Å². The van der Waals surface area contributed by atoms with Crippen molar-refractivity contribution in [3.63, 3.8) is 0 Å². The fourth-order valence-electron chi connectivity index (χ4n) is 2.15. The van der Waals surface area contributed by atoms with E-state index in [-0.39, 0.29) is 0 Å². The summed E-state index contributed by atoms with van der Waals surface area (Å²) in [5.41, 5.74) is 3.65. The summed E-state index contributed by atoms with van der Waals surface area (Å²) in [6, 6.07) is 16.4. The second-order valence-electron chi connectivity index (χ2n) is 4.73. The molecule has 2 rings (SSSR count). The predicted molar refractivity (Wildman–Crippen MR) is 76.0 cm³/mol. The first-order valence-electron chi connectivity index (χ1n) is 6.64. The molecule has 1 N–H and O–H groups in total. The molecule has 0 radical (unpaired) electrons. The lowest BCUT2D eigenvalue weighted by Gasteiger charge is -2.07. The molecular formula is C17H20O. The van der Waals surface area contributed by atoms with Gasteiger partial charge in [-0.1, -0.05) is 55.8 Å². The van der Waals surface area contributed by atoms with Crippen LogP contribution in [0.3, 0.4) is 0 Å². The maximum Gasteiger partial charge on any atom is 0.118 e. The third kappa shape index (κ3) is 3.36. The standard InChI is InChI=1S/C17H20O/c1-2-3-9-16-13-15(10-11-17(16)18)12-14-7-5-4-6-8-14/h4-8,10-11,13,18H,2-3,9,12H2,1H3. The van der Waals surface area contributed by atoms with Gasteiger partial charge in [-0.3, -0.25) is 0 Å². The first-order valence-corrected chi connectivity index (χ1v) is 6.64. The van der Waals surface area contributed by atoms with Gasteiger partial charge in [0.1, 0.15) is 5.75 Å². The quantitative estimate of drug-likeness (QED) is 0.825. The van der Waals surface area contributed by atoms with E-state index < -0.39 is 0 Å². The fourth-order valence-corrected chi connectivity index (χ4v) is 2.15. The van der Waals surface area contributed by atoms with E-state index >= 15 is 0 Å². The van der Waals surface area contributed by atoms with E-state index in [1.165, 1.54) is 11.1 Å². The Kier molecular flexibility index (Phi) is 4.40. The Morgan fingerprint density at radius 1 is 0.944 bits per heavy atom. The summed E-state index contributed by atoms with van der Waals surface area (Å²) < 4.78 is 0. The van der Waals surface area contributed by atoms with E-state index in [1.54, 1.807) is 0 Å². The zero-order valence-corrected chi connectivity index (χ0v) is 10.9. The van der Waals surface area contributed by atoms with Crippen LogP contribution in [0.15, 0.2) is 48.5 Å². The van der Waals surface area contributed by atoms with Gasteiger partial charge in [-0.15, -0.1) is 0 Å². The third-order valence-corrected chi connectivity index (χ3v) is 3.19. The Bertz CT molecular complexity index is 488.